The number of alkyl halides is 3. The second-order valence-electron chi connectivity index (χ2n) is 3.59. The van der Waals surface area contributed by atoms with Gasteiger partial charge >= 0.3 is 6.18 Å². The number of hydrogen-bond acceptors (Lipinski definition) is 1. The Morgan fingerprint density at radius 3 is 2.18 bits per heavy atom. The first-order valence-corrected chi connectivity index (χ1v) is 6.01. The molecule has 0 bridgehead atoms. The summed E-state index contributed by atoms with van der Waals surface area (Å²) in [5.74, 6) is 0. The standard InChI is InChI=1S/C12H8ClF3S/c1-7-10(12(14,15)16)6-11(17-7)8-2-4-9(13)5-3-8/h2-6H,1H3. The summed E-state index contributed by atoms with van der Waals surface area (Å²) >= 11 is 6.87. The second kappa shape index (κ2) is 4.35. The van der Waals surface area contributed by atoms with Crippen LogP contribution in [0.5, 0.6) is 0 Å². The predicted molar refractivity (Wildman–Crippen MR) is 64.5 cm³/mol. The molecule has 2 aromatic rings. The van der Waals surface area contributed by atoms with Crippen molar-refractivity contribution in [2.45, 2.75) is 13.1 Å². The molecular weight excluding hydrogens is 269 g/mol. The van der Waals surface area contributed by atoms with E-state index in [1.54, 1.807) is 24.3 Å². The third-order valence-electron chi connectivity index (χ3n) is 2.35. The lowest BCUT2D eigenvalue weighted by atomic mass is 10.1. The molecule has 0 aliphatic rings. The molecule has 0 aliphatic carbocycles. The Morgan fingerprint density at radius 1 is 1.12 bits per heavy atom. The van der Waals surface area contributed by atoms with Crippen molar-refractivity contribution in [3.8, 4) is 10.4 Å². The van der Waals surface area contributed by atoms with Crippen molar-refractivity contribution < 1.29 is 13.2 Å². The largest absolute Gasteiger partial charge is 0.417 e. The topological polar surface area (TPSA) is 0 Å². The van der Waals surface area contributed by atoms with Crippen LogP contribution in [-0.4, -0.2) is 0 Å². The van der Waals surface area contributed by atoms with Gasteiger partial charge in [-0.2, -0.15) is 13.2 Å². The molecule has 0 amide bonds. The Kier molecular flexibility index (Phi) is 3.19. The van der Waals surface area contributed by atoms with Crippen LogP contribution in [0, 0.1) is 6.92 Å². The average Bonchev–Trinajstić information content (AvgIpc) is 2.61. The maximum Gasteiger partial charge on any atom is 0.417 e. The molecule has 0 fully saturated rings. The normalized spacial score (nSPS) is 11.8. The van der Waals surface area contributed by atoms with Gasteiger partial charge in [0.25, 0.3) is 0 Å². The summed E-state index contributed by atoms with van der Waals surface area (Å²) in [5, 5.41) is 0.568. The Hall–Kier alpha value is -1.00. The Bertz CT molecular complexity index is 526. The van der Waals surface area contributed by atoms with E-state index < -0.39 is 11.7 Å². The molecule has 17 heavy (non-hydrogen) atoms. The highest BCUT2D eigenvalue weighted by atomic mass is 35.5. The highest BCUT2D eigenvalue weighted by Gasteiger charge is 2.34. The van der Waals surface area contributed by atoms with Crippen molar-refractivity contribution in [1.29, 1.82) is 0 Å². The molecule has 2 rings (SSSR count). The average molecular weight is 277 g/mol. The van der Waals surface area contributed by atoms with Crippen molar-refractivity contribution in [2.75, 3.05) is 0 Å². The predicted octanol–water partition coefficient (Wildman–Crippen LogP) is 5.40. The third-order valence-corrected chi connectivity index (χ3v) is 3.70. The molecule has 1 aromatic carbocycles. The Balaban J connectivity index is 2.45. The monoisotopic (exact) mass is 276 g/mol. The zero-order valence-electron chi connectivity index (χ0n) is 8.81. The lowest BCUT2D eigenvalue weighted by molar-refractivity contribution is -0.137. The molecule has 0 N–H and O–H groups in total. The molecule has 5 heteroatoms. The summed E-state index contributed by atoms with van der Waals surface area (Å²) in [6, 6.07) is 7.95. The van der Waals surface area contributed by atoms with Crippen LogP contribution in [0.3, 0.4) is 0 Å². The van der Waals surface area contributed by atoms with E-state index in [4.69, 9.17) is 11.6 Å². The van der Waals surface area contributed by atoms with Crippen LogP contribution >= 0.6 is 22.9 Å². The minimum Gasteiger partial charge on any atom is -0.166 e. The van der Waals surface area contributed by atoms with Crippen LogP contribution in [0.4, 0.5) is 13.2 Å². The first-order chi connectivity index (χ1) is 7.88. The number of aryl methyl sites for hydroxylation is 1. The fourth-order valence-electron chi connectivity index (χ4n) is 1.52. The van der Waals surface area contributed by atoms with E-state index in [0.29, 0.717) is 9.90 Å². The number of thiophene rings is 1. The summed E-state index contributed by atoms with van der Waals surface area (Å²) in [7, 11) is 0. The Morgan fingerprint density at radius 2 is 1.71 bits per heavy atom. The van der Waals surface area contributed by atoms with Crippen molar-refractivity contribution in [3.05, 3.63) is 45.8 Å². The molecule has 0 spiro atoms. The molecule has 1 heterocycles. The zero-order chi connectivity index (χ0) is 12.6. The third kappa shape index (κ3) is 2.64. The van der Waals surface area contributed by atoms with Crippen molar-refractivity contribution >= 4 is 22.9 Å². The van der Waals surface area contributed by atoms with Gasteiger partial charge in [-0.3, -0.25) is 0 Å². The summed E-state index contributed by atoms with van der Waals surface area (Å²) < 4.78 is 37.9. The van der Waals surface area contributed by atoms with Crippen LogP contribution in [0.25, 0.3) is 10.4 Å². The van der Waals surface area contributed by atoms with Crippen LogP contribution < -0.4 is 0 Å². The van der Waals surface area contributed by atoms with Gasteiger partial charge in [0.2, 0.25) is 0 Å². The van der Waals surface area contributed by atoms with Crippen LogP contribution in [0.15, 0.2) is 30.3 Å². The number of benzene rings is 1. The molecule has 0 nitrogen and oxygen atoms in total. The molecular formula is C12H8ClF3S. The van der Waals surface area contributed by atoms with Crippen LogP contribution in [-0.2, 0) is 6.18 Å². The van der Waals surface area contributed by atoms with E-state index in [9.17, 15) is 13.2 Å². The molecule has 0 aliphatic heterocycles. The molecule has 0 atom stereocenters. The van der Waals surface area contributed by atoms with Gasteiger partial charge < -0.3 is 0 Å². The highest BCUT2D eigenvalue weighted by molar-refractivity contribution is 7.15. The lowest BCUT2D eigenvalue weighted by Gasteiger charge is -2.03. The maximum absolute atomic E-state index is 12.6. The molecule has 90 valence electrons. The first-order valence-electron chi connectivity index (χ1n) is 4.81. The van der Waals surface area contributed by atoms with Gasteiger partial charge in [-0.15, -0.1) is 11.3 Å². The minimum atomic E-state index is -4.29. The van der Waals surface area contributed by atoms with Crippen molar-refractivity contribution in [3.63, 3.8) is 0 Å². The van der Waals surface area contributed by atoms with Crippen molar-refractivity contribution in [1.82, 2.24) is 0 Å². The molecule has 0 saturated heterocycles. The van der Waals surface area contributed by atoms with E-state index in [0.717, 1.165) is 16.9 Å². The lowest BCUT2D eigenvalue weighted by Crippen LogP contribution is -2.04. The van der Waals surface area contributed by atoms with Gasteiger partial charge in [-0.05, 0) is 30.7 Å². The van der Waals surface area contributed by atoms with E-state index in [2.05, 4.69) is 0 Å². The molecule has 0 unspecified atom stereocenters. The Labute approximate surface area is 106 Å². The van der Waals surface area contributed by atoms with Gasteiger partial charge in [0.1, 0.15) is 0 Å². The molecule has 0 saturated carbocycles. The van der Waals surface area contributed by atoms with E-state index in [1.165, 1.54) is 13.0 Å². The van der Waals surface area contributed by atoms with Gasteiger partial charge in [0.15, 0.2) is 0 Å². The summed E-state index contributed by atoms with van der Waals surface area (Å²) in [4.78, 5) is 0.883. The smallest absolute Gasteiger partial charge is 0.166 e. The van der Waals surface area contributed by atoms with E-state index >= 15 is 0 Å². The molecule has 0 radical (unpaired) electrons. The van der Waals surface area contributed by atoms with E-state index in [-0.39, 0.29) is 4.88 Å². The number of rotatable bonds is 1. The molecule has 1 aromatic heterocycles. The SMILES string of the molecule is Cc1sc(-c2ccc(Cl)cc2)cc1C(F)(F)F. The maximum atomic E-state index is 12.6. The second-order valence-corrected chi connectivity index (χ2v) is 5.28. The minimum absolute atomic E-state index is 0.280. The summed E-state index contributed by atoms with van der Waals surface area (Å²) in [6.07, 6.45) is -4.29. The van der Waals surface area contributed by atoms with Crippen molar-refractivity contribution in [2.24, 2.45) is 0 Å². The fraction of sp³-hybridized carbons (Fsp3) is 0.167. The van der Waals surface area contributed by atoms with Gasteiger partial charge in [-0.1, -0.05) is 23.7 Å². The number of hydrogen-bond donors (Lipinski definition) is 0. The summed E-state index contributed by atoms with van der Waals surface area (Å²) in [6.45, 7) is 1.48. The zero-order valence-corrected chi connectivity index (χ0v) is 10.4. The van der Waals surface area contributed by atoms with Gasteiger partial charge in [0, 0.05) is 14.8 Å². The van der Waals surface area contributed by atoms with E-state index in [1.807, 2.05) is 0 Å². The highest BCUT2D eigenvalue weighted by Crippen LogP contribution is 2.40. The first kappa shape index (κ1) is 12.5. The summed E-state index contributed by atoms with van der Waals surface area (Å²) in [5.41, 5.74) is 0.186. The number of halogens is 4. The quantitative estimate of drug-likeness (QED) is 0.654. The van der Waals surface area contributed by atoms with Crippen LogP contribution in [0.1, 0.15) is 10.4 Å². The van der Waals surface area contributed by atoms with Crippen LogP contribution in [0.2, 0.25) is 5.02 Å². The van der Waals surface area contributed by atoms with Gasteiger partial charge in [-0.25, -0.2) is 0 Å². The fourth-order valence-corrected chi connectivity index (χ4v) is 2.69. The van der Waals surface area contributed by atoms with Gasteiger partial charge in [0.05, 0.1) is 5.56 Å².